The molecule has 0 amide bonds. The first-order valence-electron chi connectivity index (χ1n) is 4.11. The molecule has 1 aromatic carbocycles. The van der Waals surface area contributed by atoms with Gasteiger partial charge in [-0.2, -0.15) is 0 Å². The summed E-state index contributed by atoms with van der Waals surface area (Å²) in [5.74, 6) is -0.872. The number of carboxylic acid groups (broad SMARTS) is 1. The fourth-order valence-electron chi connectivity index (χ4n) is 0.809. The number of carboxylic acids is 1. The van der Waals surface area contributed by atoms with Gasteiger partial charge < -0.3 is 0 Å². The predicted octanol–water partition coefficient (Wildman–Crippen LogP) is 1.16. The van der Waals surface area contributed by atoms with Crippen molar-refractivity contribution in [2.75, 3.05) is 0 Å². The molecule has 0 bridgehead atoms. The van der Waals surface area contributed by atoms with Crippen LogP contribution in [0, 0.1) is 5.92 Å². The van der Waals surface area contributed by atoms with E-state index in [1.807, 2.05) is 18.2 Å². The Hall–Kier alpha value is -0.520. The molecule has 0 aliphatic rings. The molecule has 0 aromatic heterocycles. The SMILES string of the molecule is CC(C[Te]c1ccccc1)C(=O)O. The number of hydrogen-bond donors (Lipinski definition) is 1. The number of rotatable bonds is 4. The molecule has 0 spiro atoms. The third-order valence-corrected chi connectivity index (χ3v) is 5.30. The van der Waals surface area contributed by atoms with E-state index in [1.54, 1.807) is 6.92 Å². The first kappa shape index (κ1) is 10.6. The van der Waals surface area contributed by atoms with Crippen molar-refractivity contribution in [3.8, 4) is 0 Å². The Balaban J connectivity index is 2.39. The van der Waals surface area contributed by atoms with Crippen LogP contribution in [0.15, 0.2) is 30.3 Å². The van der Waals surface area contributed by atoms with Crippen LogP contribution in [0.25, 0.3) is 0 Å². The Bertz CT molecular complexity index is 272. The van der Waals surface area contributed by atoms with E-state index in [1.165, 1.54) is 3.61 Å². The van der Waals surface area contributed by atoms with Crippen LogP contribution in [0.2, 0.25) is 4.47 Å². The van der Waals surface area contributed by atoms with E-state index in [0.717, 1.165) is 4.47 Å². The van der Waals surface area contributed by atoms with Gasteiger partial charge in [0.1, 0.15) is 0 Å². The van der Waals surface area contributed by atoms with Gasteiger partial charge in [-0.25, -0.2) is 0 Å². The molecular weight excluding hydrogens is 280 g/mol. The maximum atomic E-state index is 10.5. The fourth-order valence-corrected chi connectivity index (χ4v) is 3.48. The van der Waals surface area contributed by atoms with E-state index >= 15 is 0 Å². The summed E-state index contributed by atoms with van der Waals surface area (Å²) in [7, 11) is 0. The van der Waals surface area contributed by atoms with Gasteiger partial charge >= 0.3 is 88.0 Å². The molecule has 0 radical (unpaired) electrons. The van der Waals surface area contributed by atoms with E-state index in [-0.39, 0.29) is 26.8 Å². The average Bonchev–Trinajstić information content (AvgIpc) is 2.15. The molecule has 2 nitrogen and oxygen atoms in total. The second kappa shape index (κ2) is 5.26. The van der Waals surface area contributed by atoms with Gasteiger partial charge in [-0.1, -0.05) is 0 Å². The zero-order chi connectivity index (χ0) is 9.68. The van der Waals surface area contributed by atoms with Crippen LogP contribution >= 0.6 is 0 Å². The monoisotopic (exact) mass is 294 g/mol. The van der Waals surface area contributed by atoms with Crippen LogP contribution in [0.5, 0.6) is 0 Å². The maximum absolute atomic E-state index is 10.5. The third-order valence-electron chi connectivity index (χ3n) is 1.66. The average molecular weight is 292 g/mol. The quantitative estimate of drug-likeness (QED) is 0.845. The topological polar surface area (TPSA) is 37.3 Å². The van der Waals surface area contributed by atoms with Crippen LogP contribution in [0.3, 0.4) is 0 Å². The summed E-state index contributed by atoms with van der Waals surface area (Å²) >= 11 is -0.304. The van der Waals surface area contributed by atoms with Gasteiger partial charge in [-0.3, -0.25) is 0 Å². The summed E-state index contributed by atoms with van der Waals surface area (Å²) in [5.41, 5.74) is 0. The molecule has 70 valence electrons. The van der Waals surface area contributed by atoms with Crippen molar-refractivity contribution in [3.05, 3.63) is 30.3 Å². The van der Waals surface area contributed by atoms with E-state index in [4.69, 9.17) is 5.11 Å². The van der Waals surface area contributed by atoms with Crippen LogP contribution in [0.4, 0.5) is 0 Å². The second-order valence-corrected chi connectivity index (χ2v) is 5.98. The van der Waals surface area contributed by atoms with E-state index < -0.39 is 5.97 Å². The summed E-state index contributed by atoms with van der Waals surface area (Å²) in [4.78, 5) is 10.5. The molecule has 1 atom stereocenters. The van der Waals surface area contributed by atoms with Gasteiger partial charge in [0.15, 0.2) is 0 Å². The third kappa shape index (κ3) is 3.80. The van der Waals surface area contributed by atoms with Gasteiger partial charge in [0.05, 0.1) is 0 Å². The first-order chi connectivity index (χ1) is 6.20. The minimum atomic E-state index is -0.680. The summed E-state index contributed by atoms with van der Waals surface area (Å²) in [6.45, 7) is 1.77. The summed E-state index contributed by atoms with van der Waals surface area (Å²) in [6.07, 6.45) is 0. The molecule has 1 aromatic rings. The second-order valence-electron chi connectivity index (χ2n) is 2.86. The van der Waals surface area contributed by atoms with Crippen LogP contribution < -0.4 is 3.61 Å². The number of hydrogen-bond acceptors (Lipinski definition) is 1. The molecule has 0 aliphatic heterocycles. The van der Waals surface area contributed by atoms with Gasteiger partial charge in [0.2, 0.25) is 0 Å². The van der Waals surface area contributed by atoms with Crippen LogP contribution in [-0.4, -0.2) is 32.0 Å². The molecule has 0 fully saturated rings. The standard InChI is InChI=1S/C10H12O2Te/c1-8(10(11)12)7-13-9-5-3-2-4-6-9/h2-6,8H,7H2,1H3,(H,11,12). The Morgan fingerprint density at radius 2 is 2.08 bits per heavy atom. The minimum absolute atomic E-state index is 0.192. The summed E-state index contributed by atoms with van der Waals surface area (Å²) < 4.78 is 2.17. The van der Waals surface area contributed by atoms with Crippen molar-refractivity contribution in [1.29, 1.82) is 0 Å². The molecule has 0 heterocycles. The van der Waals surface area contributed by atoms with E-state index in [2.05, 4.69) is 12.1 Å². The van der Waals surface area contributed by atoms with Crippen molar-refractivity contribution in [3.63, 3.8) is 0 Å². The Labute approximate surface area is 88.0 Å². The fraction of sp³-hybridized carbons (Fsp3) is 0.300. The van der Waals surface area contributed by atoms with Gasteiger partial charge in [0.25, 0.3) is 0 Å². The Kier molecular flexibility index (Phi) is 4.27. The summed E-state index contributed by atoms with van der Waals surface area (Å²) in [5, 5.41) is 8.68. The number of carbonyl (C=O) groups is 1. The van der Waals surface area contributed by atoms with Crippen molar-refractivity contribution in [2.24, 2.45) is 5.92 Å². The molecule has 3 heteroatoms. The van der Waals surface area contributed by atoms with Gasteiger partial charge in [-0.15, -0.1) is 0 Å². The van der Waals surface area contributed by atoms with Gasteiger partial charge in [-0.05, 0) is 0 Å². The molecular formula is C10H12O2Te. The zero-order valence-corrected chi connectivity index (χ0v) is 9.77. The first-order valence-corrected chi connectivity index (χ1v) is 6.92. The van der Waals surface area contributed by atoms with Crippen LogP contribution in [-0.2, 0) is 4.79 Å². The molecule has 1 rings (SSSR count). The molecule has 13 heavy (non-hydrogen) atoms. The van der Waals surface area contributed by atoms with Gasteiger partial charge in [0, 0.05) is 0 Å². The van der Waals surface area contributed by atoms with E-state index in [0.29, 0.717) is 0 Å². The predicted molar refractivity (Wildman–Crippen MR) is 53.4 cm³/mol. The van der Waals surface area contributed by atoms with Crippen molar-refractivity contribution >= 4 is 30.5 Å². The molecule has 1 unspecified atom stereocenters. The molecule has 0 saturated carbocycles. The molecule has 0 saturated heterocycles. The van der Waals surface area contributed by atoms with E-state index in [9.17, 15) is 4.79 Å². The Morgan fingerprint density at radius 1 is 1.46 bits per heavy atom. The van der Waals surface area contributed by atoms with Crippen molar-refractivity contribution in [1.82, 2.24) is 0 Å². The number of aliphatic carboxylic acids is 1. The van der Waals surface area contributed by atoms with Crippen molar-refractivity contribution in [2.45, 2.75) is 11.4 Å². The number of benzene rings is 1. The normalized spacial score (nSPS) is 12.4. The molecule has 1 N–H and O–H groups in total. The van der Waals surface area contributed by atoms with Crippen LogP contribution in [0.1, 0.15) is 6.92 Å². The van der Waals surface area contributed by atoms with Crippen molar-refractivity contribution < 1.29 is 9.90 Å². The summed E-state index contributed by atoms with van der Waals surface area (Å²) in [6, 6.07) is 10.2. The molecule has 0 aliphatic carbocycles. The Morgan fingerprint density at radius 3 is 2.62 bits per heavy atom. The zero-order valence-electron chi connectivity index (χ0n) is 7.43.